The van der Waals surface area contributed by atoms with E-state index in [-0.39, 0.29) is 5.78 Å². The highest BCUT2D eigenvalue weighted by molar-refractivity contribution is 5.98. The zero-order chi connectivity index (χ0) is 11.5. The zero-order valence-electron chi connectivity index (χ0n) is 8.99. The third-order valence-corrected chi connectivity index (χ3v) is 2.48. The number of aryl methyl sites for hydroxylation is 1. The second-order valence-corrected chi connectivity index (χ2v) is 3.75. The molecule has 16 heavy (non-hydrogen) atoms. The van der Waals surface area contributed by atoms with E-state index in [0.29, 0.717) is 12.2 Å². The zero-order valence-corrected chi connectivity index (χ0v) is 8.99. The van der Waals surface area contributed by atoms with Crippen molar-refractivity contribution in [3.05, 3.63) is 29.3 Å². The summed E-state index contributed by atoms with van der Waals surface area (Å²) in [6.07, 6.45) is 2.33. The van der Waals surface area contributed by atoms with E-state index in [1.807, 2.05) is 0 Å². The summed E-state index contributed by atoms with van der Waals surface area (Å²) in [4.78, 5) is 31.3. The first-order valence-corrected chi connectivity index (χ1v) is 5.18. The minimum atomic E-state index is -0.506. The van der Waals surface area contributed by atoms with Crippen LogP contribution in [0.1, 0.15) is 35.7 Å². The van der Waals surface area contributed by atoms with Crippen LogP contribution in [0.25, 0.3) is 0 Å². The van der Waals surface area contributed by atoms with Crippen molar-refractivity contribution in [1.29, 1.82) is 0 Å². The Hall–Kier alpha value is -1.84. The predicted molar refractivity (Wildman–Crippen MR) is 56.1 cm³/mol. The van der Waals surface area contributed by atoms with Crippen molar-refractivity contribution in [1.82, 2.24) is 0 Å². The largest absolute Gasteiger partial charge is 0.352 e. The van der Waals surface area contributed by atoms with E-state index in [2.05, 4.69) is 4.89 Å². The van der Waals surface area contributed by atoms with Gasteiger partial charge in [0.2, 0.25) is 0 Å². The Balaban J connectivity index is 2.18. The Morgan fingerprint density at radius 3 is 2.88 bits per heavy atom. The van der Waals surface area contributed by atoms with E-state index in [1.165, 1.54) is 6.92 Å². The highest BCUT2D eigenvalue weighted by Gasteiger charge is 2.17. The maximum absolute atomic E-state index is 11.5. The van der Waals surface area contributed by atoms with Crippen LogP contribution < -0.4 is 4.89 Å². The number of rotatable bonds is 2. The number of carbonyl (C=O) groups is 2. The first-order valence-electron chi connectivity index (χ1n) is 5.18. The van der Waals surface area contributed by atoms with Crippen molar-refractivity contribution in [2.24, 2.45) is 0 Å². The number of hydrogen-bond acceptors (Lipinski definition) is 4. The molecule has 0 unspecified atom stereocenters. The van der Waals surface area contributed by atoms with Gasteiger partial charge in [-0.2, -0.15) is 0 Å². The van der Waals surface area contributed by atoms with E-state index >= 15 is 0 Å². The van der Waals surface area contributed by atoms with Gasteiger partial charge in [-0.25, -0.2) is 4.79 Å². The predicted octanol–water partition coefficient (Wildman–Crippen LogP) is 2.06. The number of Topliss-reactive ketones (excluding diaryl/α,β-unsaturated/α-hetero) is 1. The lowest BCUT2D eigenvalue weighted by atomic mass is 9.91. The summed E-state index contributed by atoms with van der Waals surface area (Å²) in [6.45, 7) is 1.27. The van der Waals surface area contributed by atoms with E-state index in [4.69, 9.17) is 4.89 Å². The minimum absolute atomic E-state index is 0.167. The lowest BCUT2D eigenvalue weighted by molar-refractivity contribution is -0.210. The van der Waals surface area contributed by atoms with Crippen molar-refractivity contribution in [2.45, 2.75) is 26.2 Å². The first-order chi connectivity index (χ1) is 7.66. The Morgan fingerprint density at radius 2 is 2.12 bits per heavy atom. The van der Waals surface area contributed by atoms with Crippen LogP contribution in [0, 0.1) is 0 Å². The van der Waals surface area contributed by atoms with Crippen LogP contribution in [-0.2, 0) is 16.1 Å². The summed E-state index contributed by atoms with van der Waals surface area (Å²) in [7, 11) is 0. The second kappa shape index (κ2) is 4.35. The molecule has 0 bridgehead atoms. The SMILES string of the molecule is CC(=O)OOc1ccc2c(c1)CCCC2=O. The maximum atomic E-state index is 11.5. The van der Waals surface area contributed by atoms with E-state index in [1.54, 1.807) is 18.2 Å². The molecule has 0 saturated carbocycles. The van der Waals surface area contributed by atoms with Crippen molar-refractivity contribution in [2.75, 3.05) is 0 Å². The maximum Gasteiger partial charge on any atom is 0.352 e. The minimum Gasteiger partial charge on any atom is -0.294 e. The molecular weight excluding hydrogens is 208 g/mol. The molecule has 0 heterocycles. The van der Waals surface area contributed by atoms with Gasteiger partial charge in [0.15, 0.2) is 11.5 Å². The fraction of sp³-hybridized carbons (Fsp3) is 0.333. The quantitative estimate of drug-likeness (QED) is 0.565. The monoisotopic (exact) mass is 220 g/mol. The molecule has 84 valence electrons. The van der Waals surface area contributed by atoms with Crippen LogP contribution >= 0.6 is 0 Å². The van der Waals surface area contributed by atoms with Gasteiger partial charge in [-0.15, -0.1) is 0 Å². The molecule has 1 aliphatic rings. The van der Waals surface area contributed by atoms with E-state index < -0.39 is 5.97 Å². The molecule has 1 aliphatic carbocycles. The van der Waals surface area contributed by atoms with Gasteiger partial charge in [0.1, 0.15) is 0 Å². The third-order valence-electron chi connectivity index (χ3n) is 2.48. The average molecular weight is 220 g/mol. The summed E-state index contributed by atoms with van der Waals surface area (Å²) in [5, 5.41) is 0. The lowest BCUT2D eigenvalue weighted by Gasteiger charge is -2.14. The average Bonchev–Trinajstić information content (AvgIpc) is 2.26. The number of ketones is 1. The van der Waals surface area contributed by atoms with Crippen molar-refractivity contribution in [3.8, 4) is 5.75 Å². The topological polar surface area (TPSA) is 52.6 Å². The molecule has 0 radical (unpaired) electrons. The molecule has 0 aromatic heterocycles. The molecule has 1 aromatic carbocycles. The Labute approximate surface area is 93.1 Å². The van der Waals surface area contributed by atoms with Gasteiger partial charge in [-0.1, -0.05) is 0 Å². The Kier molecular flexibility index (Phi) is 2.90. The smallest absolute Gasteiger partial charge is 0.294 e. The molecule has 2 rings (SSSR count). The van der Waals surface area contributed by atoms with Crippen LogP contribution in [-0.4, -0.2) is 11.8 Å². The fourth-order valence-corrected chi connectivity index (χ4v) is 1.78. The standard InChI is InChI=1S/C12H12O4/c1-8(13)15-16-10-5-6-11-9(7-10)3-2-4-12(11)14/h5-7H,2-4H2,1H3. The Morgan fingerprint density at radius 1 is 1.31 bits per heavy atom. The van der Waals surface area contributed by atoms with Gasteiger partial charge in [0.05, 0.1) is 0 Å². The molecule has 0 amide bonds. The number of carbonyl (C=O) groups excluding carboxylic acids is 2. The first kappa shape index (κ1) is 10.7. The molecule has 1 aromatic rings. The molecule has 0 N–H and O–H groups in total. The molecular formula is C12H12O4. The molecule has 0 aliphatic heterocycles. The number of hydrogen-bond donors (Lipinski definition) is 0. The van der Waals surface area contributed by atoms with Crippen molar-refractivity contribution >= 4 is 11.8 Å². The molecule has 0 fully saturated rings. The van der Waals surface area contributed by atoms with Gasteiger partial charge < -0.3 is 0 Å². The second-order valence-electron chi connectivity index (χ2n) is 3.75. The summed E-state index contributed by atoms with van der Waals surface area (Å²) >= 11 is 0. The van der Waals surface area contributed by atoms with Crippen LogP contribution in [0.2, 0.25) is 0 Å². The molecule has 0 atom stereocenters. The van der Waals surface area contributed by atoms with E-state index in [9.17, 15) is 9.59 Å². The van der Waals surface area contributed by atoms with E-state index in [0.717, 1.165) is 24.0 Å². The van der Waals surface area contributed by atoms with Crippen LogP contribution in [0.5, 0.6) is 5.75 Å². The summed E-state index contributed by atoms with van der Waals surface area (Å²) in [5.74, 6) is 0.109. The van der Waals surface area contributed by atoms with Gasteiger partial charge in [-0.05, 0) is 36.6 Å². The summed E-state index contributed by atoms with van der Waals surface area (Å²) in [6, 6.07) is 5.09. The molecule has 0 saturated heterocycles. The number of benzene rings is 1. The van der Waals surface area contributed by atoms with Crippen LogP contribution in [0.4, 0.5) is 0 Å². The van der Waals surface area contributed by atoms with Crippen LogP contribution in [0.3, 0.4) is 0 Å². The number of fused-ring (bicyclic) bond motifs is 1. The summed E-state index contributed by atoms with van der Waals surface area (Å²) < 4.78 is 0. The normalized spacial score (nSPS) is 14.2. The van der Waals surface area contributed by atoms with Gasteiger partial charge >= 0.3 is 5.97 Å². The van der Waals surface area contributed by atoms with Gasteiger partial charge in [0.25, 0.3) is 0 Å². The van der Waals surface area contributed by atoms with Gasteiger partial charge in [-0.3, -0.25) is 14.6 Å². The van der Waals surface area contributed by atoms with Gasteiger partial charge in [0, 0.05) is 18.9 Å². The third kappa shape index (κ3) is 2.21. The molecule has 4 nitrogen and oxygen atoms in total. The highest BCUT2D eigenvalue weighted by atomic mass is 17.2. The molecule has 0 spiro atoms. The highest BCUT2D eigenvalue weighted by Crippen LogP contribution is 2.25. The van der Waals surface area contributed by atoms with Crippen molar-refractivity contribution < 1.29 is 19.4 Å². The Bertz CT molecular complexity index is 437. The van der Waals surface area contributed by atoms with Crippen LogP contribution in [0.15, 0.2) is 18.2 Å². The lowest BCUT2D eigenvalue weighted by Crippen LogP contribution is -2.11. The van der Waals surface area contributed by atoms with Crippen molar-refractivity contribution in [3.63, 3.8) is 0 Å². The summed E-state index contributed by atoms with van der Waals surface area (Å²) in [5.41, 5.74) is 1.71. The fourth-order valence-electron chi connectivity index (χ4n) is 1.78. The molecule has 4 heteroatoms.